The highest BCUT2D eigenvalue weighted by molar-refractivity contribution is 7.47. The molecule has 0 rings (SSSR count). The molecule has 3 N–H and O–H groups in total. The second-order valence-electron chi connectivity index (χ2n) is 26.8. The highest BCUT2D eigenvalue weighted by Crippen LogP contribution is 2.45. The van der Waals surface area contributed by atoms with Crippen LogP contribution in [0.1, 0.15) is 357 Å². The first-order valence-electron chi connectivity index (χ1n) is 36.9. The second kappa shape index (κ2) is 61.9. The molecule has 534 valence electrons. The molecule has 6 atom stereocenters. The third kappa shape index (κ3) is 63.5. The summed E-state index contributed by atoms with van der Waals surface area (Å²) in [5, 5.41) is 10.6. The number of ether oxygens (including phenoxy) is 4. The Morgan fingerprint density at radius 2 is 0.567 bits per heavy atom. The minimum Gasteiger partial charge on any atom is -0.462 e. The maximum atomic E-state index is 13.0. The lowest BCUT2D eigenvalue weighted by Gasteiger charge is -2.21. The highest BCUT2D eigenvalue weighted by Gasteiger charge is 2.30. The van der Waals surface area contributed by atoms with Crippen molar-refractivity contribution in [2.75, 3.05) is 39.6 Å². The van der Waals surface area contributed by atoms with Gasteiger partial charge in [-0.2, -0.15) is 0 Å². The van der Waals surface area contributed by atoms with E-state index >= 15 is 0 Å². The minimum atomic E-state index is -4.95. The fourth-order valence-corrected chi connectivity index (χ4v) is 12.3. The molecule has 0 fully saturated rings. The summed E-state index contributed by atoms with van der Waals surface area (Å²) in [5.41, 5.74) is 0. The van der Waals surface area contributed by atoms with Crippen LogP contribution in [0.4, 0.5) is 0 Å². The molecule has 0 saturated carbocycles. The van der Waals surface area contributed by atoms with Crippen molar-refractivity contribution in [1.82, 2.24) is 0 Å². The van der Waals surface area contributed by atoms with E-state index in [0.29, 0.717) is 31.6 Å². The van der Waals surface area contributed by atoms with Gasteiger partial charge in [-0.3, -0.25) is 37.3 Å². The summed E-state index contributed by atoms with van der Waals surface area (Å²) < 4.78 is 68.3. The number of carbonyl (C=O) groups excluding carboxylic acids is 4. The molecular weight excluding hydrogens is 1190 g/mol. The van der Waals surface area contributed by atoms with Crippen LogP contribution in [0.5, 0.6) is 0 Å². The summed E-state index contributed by atoms with van der Waals surface area (Å²) in [6, 6.07) is 0. The molecule has 17 nitrogen and oxygen atoms in total. The van der Waals surface area contributed by atoms with Gasteiger partial charge in [0.25, 0.3) is 0 Å². The van der Waals surface area contributed by atoms with E-state index < -0.39 is 97.5 Å². The van der Waals surface area contributed by atoms with E-state index in [1.165, 1.54) is 161 Å². The van der Waals surface area contributed by atoms with Gasteiger partial charge in [0.1, 0.15) is 19.3 Å². The van der Waals surface area contributed by atoms with Crippen molar-refractivity contribution in [1.29, 1.82) is 0 Å². The monoisotopic (exact) mass is 1320 g/mol. The lowest BCUT2D eigenvalue weighted by molar-refractivity contribution is -0.161. The minimum absolute atomic E-state index is 0.102. The highest BCUT2D eigenvalue weighted by atomic mass is 31.2. The van der Waals surface area contributed by atoms with Crippen LogP contribution in [0.3, 0.4) is 0 Å². The first kappa shape index (κ1) is 88.1. The van der Waals surface area contributed by atoms with Crippen LogP contribution < -0.4 is 0 Å². The molecule has 0 aromatic rings. The Morgan fingerprint density at radius 1 is 0.322 bits per heavy atom. The SMILES string of the molecule is CCCCCCCCCCCCCCCC(=O)OC[C@H](COP(=O)(O)OC[C@@H](O)COP(=O)(O)OC[C@@H](COC(=O)CCCCCCCCC(C)C)OC(=O)CCCCCCCCC(C)CC)OC(=O)CCCCCCCCCCCCCCCCCC(C)C. The molecule has 0 heterocycles. The third-order valence-electron chi connectivity index (χ3n) is 16.7. The van der Waals surface area contributed by atoms with E-state index in [0.717, 1.165) is 108 Å². The summed E-state index contributed by atoms with van der Waals surface area (Å²) in [6.45, 7) is 11.8. The van der Waals surface area contributed by atoms with Crippen molar-refractivity contribution in [2.24, 2.45) is 17.8 Å². The van der Waals surface area contributed by atoms with Gasteiger partial charge in [0.2, 0.25) is 0 Å². The maximum absolute atomic E-state index is 13.0. The molecule has 3 unspecified atom stereocenters. The predicted octanol–water partition coefficient (Wildman–Crippen LogP) is 20.2. The first-order chi connectivity index (χ1) is 43.3. The number of carbonyl (C=O) groups is 4. The molecule has 0 aromatic carbocycles. The van der Waals surface area contributed by atoms with Crippen LogP contribution in [-0.2, 0) is 65.4 Å². The quantitative estimate of drug-likeness (QED) is 0.0222. The first-order valence-corrected chi connectivity index (χ1v) is 39.9. The van der Waals surface area contributed by atoms with Crippen molar-refractivity contribution in [3.8, 4) is 0 Å². The summed E-state index contributed by atoms with van der Waals surface area (Å²) in [7, 11) is -9.90. The van der Waals surface area contributed by atoms with E-state index in [1.54, 1.807) is 0 Å². The average Bonchev–Trinajstić information content (AvgIpc) is 2.90. The number of hydrogen-bond donors (Lipinski definition) is 3. The number of esters is 4. The second-order valence-corrected chi connectivity index (χ2v) is 29.7. The zero-order valence-corrected chi connectivity index (χ0v) is 60.4. The Hall–Kier alpha value is -1.94. The molecule has 0 aliphatic heterocycles. The molecule has 19 heteroatoms. The summed E-state index contributed by atoms with van der Waals surface area (Å²) in [4.78, 5) is 72.5. The Bertz CT molecular complexity index is 1770. The number of aliphatic hydroxyl groups excluding tert-OH is 1. The smallest absolute Gasteiger partial charge is 0.462 e. The van der Waals surface area contributed by atoms with Gasteiger partial charge >= 0.3 is 39.5 Å². The number of rotatable bonds is 69. The van der Waals surface area contributed by atoms with Crippen molar-refractivity contribution in [3.63, 3.8) is 0 Å². The Balaban J connectivity index is 5.22. The van der Waals surface area contributed by atoms with Gasteiger partial charge in [0.05, 0.1) is 26.4 Å². The van der Waals surface area contributed by atoms with Crippen LogP contribution in [0.15, 0.2) is 0 Å². The van der Waals surface area contributed by atoms with Crippen molar-refractivity contribution < 1.29 is 80.2 Å². The van der Waals surface area contributed by atoms with Crippen molar-refractivity contribution in [3.05, 3.63) is 0 Å². The topological polar surface area (TPSA) is 237 Å². The Morgan fingerprint density at radius 3 is 0.844 bits per heavy atom. The van der Waals surface area contributed by atoms with Crippen LogP contribution in [0, 0.1) is 17.8 Å². The zero-order valence-electron chi connectivity index (χ0n) is 58.6. The molecule has 0 amide bonds. The van der Waals surface area contributed by atoms with Gasteiger partial charge in [-0.25, -0.2) is 9.13 Å². The van der Waals surface area contributed by atoms with Crippen LogP contribution in [0.2, 0.25) is 0 Å². The number of hydrogen-bond acceptors (Lipinski definition) is 15. The van der Waals surface area contributed by atoms with Crippen molar-refractivity contribution in [2.45, 2.75) is 375 Å². The van der Waals surface area contributed by atoms with Crippen LogP contribution >= 0.6 is 15.6 Å². The van der Waals surface area contributed by atoms with Gasteiger partial charge in [0.15, 0.2) is 12.2 Å². The summed E-state index contributed by atoms with van der Waals surface area (Å²) >= 11 is 0. The van der Waals surface area contributed by atoms with Crippen LogP contribution in [0.25, 0.3) is 0 Å². The van der Waals surface area contributed by atoms with Crippen LogP contribution in [-0.4, -0.2) is 96.7 Å². The van der Waals surface area contributed by atoms with E-state index in [1.807, 2.05) is 0 Å². The lowest BCUT2D eigenvalue weighted by atomic mass is 10.00. The van der Waals surface area contributed by atoms with E-state index in [9.17, 15) is 43.2 Å². The predicted molar refractivity (Wildman–Crippen MR) is 363 cm³/mol. The van der Waals surface area contributed by atoms with Gasteiger partial charge in [0, 0.05) is 25.7 Å². The average molecular weight is 1330 g/mol. The number of phosphoric ester groups is 2. The number of phosphoric acid groups is 2. The third-order valence-corrected chi connectivity index (χ3v) is 18.6. The molecule has 0 aliphatic rings. The standard InChI is InChI=1S/C71H138O17P2/c1-8-10-11-12-13-14-15-19-23-26-29-38-45-52-68(73)81-58-66(87-70(75)54-47-40-30-27-24-21-18-16-17-20-22-25-28-35-42-49-62(3)4)60-85-89(77,78)83-56-65(72)57-84-90(79,80)86-61-67(59-82-69(74)53-46-39-33-31-36-43-50-63(5)6)88-71(76)55-48-41-34-32-37-44-51-64(7)9-2/h62-67,72H,8-61H2,1-7H3,(H,77,78)(H,79,80)/t64?,65-,66-,67-/m1/s1. The Kier molecular flexibility index (Phi) is 60.6. The Labute approximate surface area is 549 Å². The number of unbranched alkanes of at least 4 members (excludes halogenated alkanes) is 36. The molecule has 0 radical (unpaired) electrons. The number of aliphatic hydroxyl groups is 1. The van der Waals surface area contributed by atoms with Gasteiger partial charge < -0.3 is 33.8 Å². The molecule has 0 aliphatic carbocycles. The summed E-state index contributed by atoms with van der Waals surface area (Å²) in [5.74, 6) is 0.0734. The van der Waals surface area contributed by atoms with Gasteiger partial charge in [-0.1, -0.05) is 305 Å². The van der Waals surface area contributed by atoms with E-state index in [-0.39, 0.29) is 25.7 Å². The van der Waals surface area contributed by atoms with E-state index in [2.05, 4.69) is 48.5 Å². The fraction of sp³-hybridized carbons (Fsp3) is 0.944. The maximum Gasteiger partial charge on any atom is 0.472 e. The normalized spacial score (nSPS) is 14.5. The zero-order chi connectivity index (χ0) is 66.6. The molecular formula is C71H138O17P2. The van der Waals surface area contributed by atoms with Gasteiger partial charge in [-0.05, 0) is 43.4 Å². The fourth-order valence-electron chi connectivity index (χ4n) is 10.7. The largest absolute Gasteiger partial charge is 0.472 e. The molecule has 0 aromatic heterocycles. The van der Waals surface area contributed by atoms with Crippen molar-refractivity contribution >= 4 is 39.5 Å². The molecule has 0 bridgehead atoms. The van der Waals surface area contributed by atoms with E-state index in [4.69, 9.17) is 37.0 Å². The molecule has 90 heavy (non-hydrogen) atoms. The molecule has 0 spiro atoms. The molecule has 0 saturated heterocycles. The van der Waals surface area contributed by atoms with Gasteiger partial charge in [-0.15, -0.1) is 0 Å². The lowest BCUT2D eigenvalue weighted by Crippen LogP contribution is -2.30. The summed E-state index contributed by atoms with van der Waals surface area (Å²) in [6.07, 6.45) is 46.0.